The van der Waals surface area contributed by atoms with Crippen LogP contribution in [-0.4, -0.2) is 49.7 Å². The third-order valence-corrected chi connectivity index (χ3v) is 4.63. The molecule has 0 radical (unpaired) electrons. The summed E-state index contributed by atoms with van der Waals surface area (Å²) in [7, 11) is 0. The summed E-state index contributed by atoms with van der Waals surface area (Å²) in [6, 6.07) is 1.73. The van der Waals surface area contributed by atoms with Gasteiger partial charge in [-0.2, -0.15) is 0 Å². The highest BCUT2D eigenvalue weighted by Crippen LogP contribution is 2.29. The molecule has 2 heterocycles. The van der Waals surface area contributed by atoms with Gasteiger partial charge in [0, 0.05) is 25.2 Å². The Labute approximate surface area is 99.0 Å². The molecule has 2 N–H and O–H groups in total. The van der Waals surface area contributed by atoms with Crippen molar-refractivity contribution < 1.29 is 0 Å². The smallest absolute Gasteiger partial charge is 0.0207 e. The fourth-order valence-electron chi connectivity index (χ4n) is 3.18. The molecule has 2 saturated heterocycles. The summed E-state index contributed by atoms with van der Waals surface area (Å²) in [5, 5.41) is 7.27. The van der Waals surface area contributed by atoms with Gasteiger partial charge in [0.2, 0.25) is 0 Å². The molecular weight excluding hydrogens is 198 g/mol. The zero-order chi connectivity index (χ0) is 11.0. The molecule has 3 rings (SSSR count). The molecule has 16 heavy (non-hydrogen) atoms. The normalized spacial score (nSPS) is 40.7. The number of rotatable bonds is 4. The van der Waals surface area contributed by atoms with E-state index in [1.807, 2.05) is 0 Å². The summed E-state index contributed by atoms with van der Waals surface area (Å²) < 4.78 is 0. The van der Waals surface area contributed by atoms with Gasteiger partial charge < -0.3 is 10.6 Å². The lowest BCUT2D eigenvalue weighted by atomic mass is 9.98. The van der Waals surface area contributed by atoms with Crippen molar-refractivity contribution in [3.05, 3.63) is 0 Å². The fraction of sp³-hybridized carbons (Fsp3) is 1.00. The number of likely N-dealkylation sites (tertiary alicyclic amines) is 1. The van der Waals surface area contributed by atoms with Gasteiger partial charge in [0.15, 0.2) is 0 Å². The molecule has 1 aliphatic carbocycles. The molecule has 3 heteroatoms. The zero-order valence-corrected chi connectivity index (χ0v) is 10.4. The quantitative estimate of drug-likeness (QED) is 0.733. The van der Waals surface area contributed by atoms with Gasteiger partial charge in [-0.3, -0.25) is 4.90 Å². The Morgan fingerprint density at radius 3 is 2.81 bits per heavy atom. The third kappa shape index (κ3) is 2.41. The minimum absolute atomic E-state index is 0.772. The van der Waals surface area contributed by atoms with Crippen molar-refractivity contribution in [1.82, 2.24) is 15.5 Å². The molecule has 2 aliphatic heterocycles. The van der Waals surface area contributed by atoms with Gasteiger partial charge in [0.25, 0.3) is 0 Å². The minimum Gasteiger partial charge on any atom is -0.316 e. The van der Waals surface area contributed by atoms with Crippen LogP contribution in [0.4, 0.5) is 0 Å². The molecule has 0 amide bonds. The lowest BCUT2D eigenvalue weighted by molar-refractivity contribution is 0.312. The van der Waals surface area contributed by atoms with Crippen LogP contribution in [0.1, 0.15) is 26.2 Å². The maximum Gasteiger partial charge on any atom is 0.0207 e. The summed E-state index contributed by atoms with van der Waals surface area (Å²) in [5.41, 5.74) is 0. The first-order valence-electron chi connectivity index (χ1n) is 7.01. The Morgan fingerprint density at radius 2 is 2.12 bits per heavy atom. The first kappa shape index (κ1) is 11.0. The van der Waals surface area contributed by atoms with Gasteiger partial charge >= 0.3 is 0 Å². The van der Waals surface area contributed by atoms with E-state index in [1.165, 1.54) is 52.0 Å². The summed E-state index contributed by atoms with van der Waals surface area (Å²) in [5.74, 6) is 1.71. The molecule has 0 spiro atoms. The van der Waals surface area contributed by atoms with Crippen LogP contribution in [0.2, 0.25) is 0 Å². The number of nitrogens with one attached hydrogen (secondary N) is 2. The molecular formula is C13H25N3. The standard InChI is InChI=1S/C13H25N3/c1-10-6-14-7-11(10)8-15-12-4-5-16(9-12)13-2-3-13/h10-15H,2-9H2,1H3. The Morgan fingerprint density at radius 1 is 1.25 bits per heavy atom. The monoisotopic (exact) mass is 223 g/mol. The molecule has 0 aromatic carbocycles. The van der Waals surface area contributed by atoms with E-state index in [-0.39, 0.29) is 0 Å². The van der Waals surface area contributed by atoms with Crippen LogP contribution in [0.5, 0.6) is 0 Å². The second-order valence-electron chi connectivity index (χ2n) is 6.02. The highest BCUT2D eigenvalue weighted by atomic mass is 15.2. The van der Waals surface area contributed by atoms with Crippen molar-refractivity contribution in [2.24, 2.45) is 11.8 Å². The van der Waals surface area contributed by atoms with Gasteiger partial charge in [0.05, 0.1) is 0 Å². The van der Waals surface area contributed by atoms with E-state index in [9.17, 15) is 0 Å². The van der Waals surface area contributed by atoms with E-state index < -0.39 is 0 Å². The van der Waals surface area contributed by atoms with Crippen molar-refractivity contribution in [2.75, 3.05) is 32.7 Å². The van der Waals surface area contributed by atoms with E-state index in [1.54, 1.807) is 0 Å². The SMILES string of the molecule is CC1CNCC1CNC1CCN(C2CC2)C1. The average molecular weight is 223 g/mol. The van der Waals surface area contributed by atoms with E-state index in [2.05, 4.69) is 22.5 Å². The summed E-state index contributed by atoms with van der Waals surface area (Å²) in [6.45, 7) is 8.66. The predicted molar refractivity (Wildman–Crippen MR) is 66.5 cm³/mol. The van der Waals surface area contributed by atoms with Crippen LogP contribution in [0.3, 0.4) is 0 Å². The second-order valence-corrected chi connectivity index (χ2v) is 6.02. The lowest BCUT2D eigenvalue weighted by Gasteiger charge is -2.19. The molecule has 0 aromatic rings. The molecule has 3 fully saturated rings. The number of hydrogen-bond acceptors (Lipinski definition) is 3. The van der Waals surface area contributed by atoms with Crippen LogP contribution in [-0.2, 0) is 0 Å². The number of hydrogen-bond donors (Lipinski definition) is 2. The number of nitrogens with zero attached hydrogens (tertiary/aromatic N) is 1. The molecule has 0 aromatic heterocycles. The van der Waals surface area contributed by atoms with E-state index in [0.29, 0.717) is 0 Å². The largest absolute Gasteiger partial charge is 0.316 e. The molecule has 3 nitrogen and oxygen atoms in total. The van der Waals surface area contributed by atoms with Crippen molar-refractivity contribution in [2.45, 2.75) is 38.3 Å². The van der Waals surface area contributed by atoms with E-state index >= 15 is 0 Å². The Bertz CT molecular complexity index is 239. The zero-order valence-electron chi connectivity index (χ0n) is 10.4. The Kier molecular flexibility index (Phi) is 3.18. The van der Waals surface area contributed by atoms with Crippen LogP contribution in [0.15, 0.2) is 0 Å². The van der Waals surface area contributed by atoms with Gasteiger partial charge in [-0.15, -0.1) is 0 Å². The predicted octanol–water partition coefficient (Wildman–Crippen LogP) is 0.668. The maximum atomic E-state index is 3.78. The fourth-order valence-corrected chi connectivity index (χ4v) is 3.18. The summed E-state index contributed by atoms with van der Waals surface area (Å²) >= 11 is 0. The Hall–Kier alpha value is -0.120. The minimum atomic E-state index is 0.772. The van der Waals surface area contributed by atoms with Gasteiger partial charge in [-0.25, -0.2) is 0 Å². The lowest BCUT2D eigenvalue weighted by Crippen LogP contribution is -2.37. The van der Waals surface area contributed by atoms with Crippen LogP contribution < -0.4 is 10.6 Å². The van der Waals surface area contributed by atoms with Crippen molar-refractivity contribution in [3.8, 4) is 0 Å². The van der Waals surface area contributed by atoms with E-state index in [4.69, 9.17) is 0 Å². The highest BCUT2D eigenvalue weighted by molar-refractivity contribution is 4.92. The molecule has 92 valence electrons. The summed E-state index contributed by atoms with van der Waals surface area (Å²) in [6.07, 6.45) is 4.28. The second kappa shape index (κ2) is 4.63. The van der Waals surface area contributed by atoms with Crippen molar-refractivity contribution in [3.63, 3.8) is 0 Å². The highest BCUT2D eigenvalue weighted by Gasteiger charge is 2.34. The summed E-state index contributed by atoms with van der Waals surface area (Å²) in [4.78, 5) is 2.69. The van der Waals surface area contributed by atoms with Gasteiger partial charge in [0.1, 0.15) is 0 Å². The molecule has 3 aliphatic rings. The van der Waals surface area contributed by atoms with Crippen LogP contribution in [0, 0.1) is 11.8 Å². The third-order valence-electron chi connectivity index (χ3n) is 4.63. The van der Waals surface area contributed by atoms with E-state index in [0.717, 1.165) is 23.9 Å². The molecule has 0 bridgehead atoms. The molecule has 3 atom stereocenters. The molecule has 1 saturated carbocycles. The first-order chi connectivity index (χ1) is 7.83. The maximum absolute atomic E-state index is 3.78. The van der Waals surface area contributed by atoms with Crippen LogP contribution in [0.25, 0.3) is 0 Å². The Balaban J connectivity index is 1.39. The van der Waals surface area contributed by atoms with Gasteiger partial charge in [-0.05, 0) is 50.7 Å². The average Bonchev–Trinajstić information content (AvgIpc) is 2.89. The first-order valence-corrected chi connectivity index (χ1v) is 7.01. The molecule has 3 unspecified atom stereocenters. The topological polar surface area (TPSA) is 27.3 Å². The van der Waals surface area contributed by atoms with Crippen LogP contribution >= 0.6 is 0 Å². The van der Waals surface area contributed by atoms with Gasteiger partial charge in [-0.1, -0.05) is 6.92 Å². The van der Waals surface area contributed by atoms with Crippen molar-refractivity contribution in [1.29, 1.82) is 0 Å². The van der Waals surface area contributed by atoms with Crippen molar-refractivity contribution >= 4 is 0 Å².